The van der Waals surface area contributed by atoms with E-state index in [4.69, 9.17) is 30.2 Å². The van der Waals surface area contributed by atoms with Crippen molar-refractivity contribution < 1.29 is 33.3 Å². The number of hydrogen-bond donors (Lipinski definition) is 1. The van der Waals surface area contributed by atoms with Crippen LogP contribution in [-0.4, -0.2) is 23.7 Å². The molecule has 0 spiro atoms. The van der Waals surface area contributed by atoms with Crippen LogP contribution in [0.5, 0.6) is 17.2 Å². The molecular weight excluding hydrogens is 440 g/mol. The van der Waals surface area contributed by atoms with E-state index in [1.807, 2.05) is 0 Å². The zero-order valence-electron chi connectivity index (χ0n) is 17.1. The van der Waals surface area contributed by atoms with Crippen molar-refractivity contribution in [1.82, 2.24) is 0 Å². The molecule has 5 rings (SSSR count). The van der Waals surface area contributed by atoms with Gasteiger partial charge >= 0.3 is 11.6 Å². The lowest BCUT2D eigenvalue weighted by atomic mass is 9.81. The zero-order chi connectivity index (χ0) is 22.7. The average Bonchev–Trinajstić information content (AvgIpc) is 2.71. The second kappa shape index (κ2) is 7.36. The number of fused-ring (bicyclic) bond motifs is 4. The van der Waals surface area contributed by atoms with Crippen LogP contribution in [0, 0.1) is 6.92 Å². The fraction of sp³-hybridized carbons (Fsp3) is 0.261. The lowest BCUT2D eigenvalue weighted by Gasteiger charge is -2.30. The molecule has 8 nitrogen and oxygen atoms in total. The SMILES string of the molecule is CC(=O)c1c2c(c3oc(=O)cc(C)c3c1O)[C@@H](c1cc(Cl)cc3c1OCOC3)CC(=O)O2. The number of aromatic hydroxyl groups is 1. The van der Waals surface area contributed by atoms with Crippen molar-refractivity contribution in [3.05, 3.63) is 61.5 Å². The van der Waals surface area contributed by atoms with Gasteiger partial charge < -0.3 is 23.7 Å². The summed E-state index contributed by atoms with van der Waals surface area (Å²) in [6, 6.07) is 4.60. The van der Waals surface area contributed by atoms with E-state index in [-0.39, 0.29) is 42.1 Å². The van der Waals surface area contributed by atoms with Crippen LogP contribution in [0.1, 0.15) is 51.9 Å². The van der Waals surface area contributed by atoms with Crippen LogP contribution in [0.15, 0.2) is 27.4 Å². The number of rotatable bonds is 2. The number of Topliss-reactive ketones (excluding diaryl/α,β-unsaturated/α-hetero) is 1. The summed E-state index contributed by atoms with van der Waals surface area (Å²) in [5.74, 6) is -1.84. The van der Waals surface area contributed by atoms with Gasteiger partial charge in [0.25, 0.3) is 0 Å². The maximum atomic E-state index is 12.6. The van der Waals surface area contributed by atoms with E-state index in [2.05, 4.69) is 0 Å². The number of hydrogen-bond acceptors (Lipinski definition) is 8. The van der Waals surface area contributed by atoms with Crippen LogP contribution in [0.25, 0.3) is 11.0 Å². The van der Waals surface area contributed by atoms with Gasteiger partial charge in [0.05, 0.1) is 18.4 Å². The van der Waals surface area contributed by atoms with Crippen molar-refractivity contribution >= 4 is 34.3 Å². The smallest absolute Gasteiger partial charge is 0.336 e. The van der Waals surface area contributed by atoms with Gasteiger partial charge in [0.15, 0.2) is 18.3 Å². The van der Waals surface area contributed by atoms with Crippen molar-refractivity contribution in [2.75, 3.05) is 6.79 Å². The van der Waals surface area contributed by atoms with Gasteiger partial charge in [0.2, 0.25) is 0 Å². The molecule has 2 aliphatic rings. The Hall–Kier alpha value is -3.36. The van der Waals surface area contributed by atoms with Gasteiger partial charge in [-0.05, 0) is 31.5 Å². The molecule has 164 valence electrons. The maximum Gasteiger partial charge on any atom is 0.336 e. The molecule has 1 atom stereocenters. The van der Waals surface area contributed by atoms with E-state index < -0.39 is 29.0 Å². The van der Waals surface area contributed by atoms with E-state index >= 15 is 0 Å². The highest BCUT2D eigenvalue weighted by Crippen LogP contribution is 2.51. The predicted octanol–water partition coefficient (Wildman–Crippen LogP) is 3.97. The standard InChI is InChI=1S/C23H17ClO8/c1-9-3-15(26)31-22-17(9)20(28)18(10(2)25)23-19(22)13(6-16(27)32-23)14-5-12(24)4-11-7-29-8-30-21(11)14/h3-5,13,28H,6-8H2,1-2H3/t13-/m1/s1. The zero-order valence-corrected chi connectivity index (χ0v) is 17.9. The Bertz CT molecular complexity index is 1390. The van der Waals surface area contributed by atoms with Gasteiger partial charge in [-0.1, -0.05) is 11.6 Å². The van der Waals surface area contributed by atoms with Gasteiger partial charge in [0, 0.05) is 33.7 Å². The molecule has 0 saturated heterocycles. The molecule has 2 aromatic carbocycles. The lowest BCUT2D eigenvalue weighted by Crippen LogP contribution is -2.25. The number of aryl methyl sites for hydroxylation is 1. The molecule has 0 amide bonds. The molecule has 0 aliphatic carbocycles. The summed E-state index contributed by atoms with van der Waals surface area (Å²) in [5.41, 5.74) is 1.26. The maximum absolute atomic E-state index is 12.6. The van der Waals surface area contributed by atoms with Gasteiger partial charge in [-0.3, -0.25) is 9.59 Å². The number of phenols is 1. The first-order chi connectivity index (χ1) is 15.3. The molecule has 0 saturated carbocycles. The van der Waals surface area contributed by atoms with Crippen molar-refractivity contribution in [3.8, 4) is 17.2 Å². The second-order valence-corrected chi connectivity index (χ2v) is 8.24. The molecular formula is C23H17ClO8. The summed E-state index contributed by atoms with van der Waals surface area (Å²) >= 11 is 6.35. The van der Waals surface area contributed by atoms with Gasteiger partial charge in [-0.25, -0.2) is 4.79 Å². The first kappa shape index (κ1) is 20.5. The Morgan fingerprint density at radius 2 is 1.97 bits per heavy atom. The van der Waals surface area contributed by atoms with Crippen LogP contribution in [0.3, 0.4) is 0 Å². The van der Waals surface area contributed by atoms with Crippen molar-refractivity contribution in [2.45, 2.75) is 32.8 Å². The number of ether oxygens (including phenoxy) is 3. The van der Waals surface area contributed by atoms with Crippen LogP contribution in [0.4, 0.5) is 0 Å². The minimum atomic E-state index is -0.706. The Kier molecular flexibility index (Phi) is 4.72. The molecule has 0 bridgehead atoms. The highest BCUT2D eigenvalue weighted by atomic mass is 35.5. The number of esters is 1. The molecule has 3 heterocycles. The number of carbonyl (C=O) groups excluding carboxylic acids is 2. The highest BCUT2D eigenvalue weighted by Gasteiger charge is 2.39. The average molecular weight is 457 g/mol. The topological polar surface area (TPSA) is 112 Å². The molecule has 2 aliphatic heterocycles. The fourth-order valence-electron chi connectivity index (χ4n) is 4.47. The molecule has 9 heteroatoms. The van der Waals surface area contributed by atoms with Crippen molar-refractivity contribution in [2.24, 2.45) is 0 Å². The number of halogens is 1. The Labute approximate surface area is 186 Å². The quantitative estimate of drug-likeness (QED) is 0.267. The van der Waals surface area contributed by atoms with Crippen LogP contribution < -0.4 is 15.1 Å². The second-order valence-electron chi connectivity index (χ2n) is 7.80. The van der Waals surface area contributed by atoms with Gasteiger partial charge in [-0.2, -0.15) is 0 Å². The summed E-state index contributed by atoms with van der Waals surface area (Å²) in [5, 5.41) is 11.5. The normalized spacial score (nSPS) is 17.3. The third-order valence-corrected chi connectivity index (χ3v) is 5.93. The van der Waals surface area contributed by atoms with E-state index in [1.165, 1.54) is 13.0 Å². The predicted molar refractivity (Wildman–Crippen MR) is 113 cm³/mol. The number of phenolic OH excluding ortho intramolecular Hbond substituents is 1. The minimum Gasteiger partial charge on any atom is -0.506 e. The van der Waals surface area contributed by atoms with E-state index in [1.54, 1.807) is 19.1 Å². The monoisotopic (exact) mass is 456 g/mol. The lowest BCUT2D eigenvalue weighted by molar-refractivity contribution is -0.135. The molecule has 0 radical (unpaired) electrons. The Balaban J connectivity index is 1.93. The highest BCUT2D eigenvalue weighted by molar-refractivity contribution is 6.30. The third kappa shape index (κ3) is 3.06. The van der Waals surface area contributed by atoms with Crippen LogP contribution in [-0.2, 0) is 16.1 Å². The van der Waals surface area contributed by atoms with Gasteiger partial charge in [0.1, 0.15) is 22.6 Å². The first-order valence-electron chi connectivity index (χ1n) is 9.84. The largest absolute Gasteiger partial charge is 0.506 e. The Morgan fingerprint density at radius 1 is 1.19 bits per heavy atom. The molecule has 1 N–H and O–H groups in total. The van der Waals surface area contributed by atoms with Crippen LogP contribution in [0.2, 0.25) is 5.02 Å². The number of benzene rings is 2. The number of carbonyl (C=O) groups is 2. The Morgan fingerprint density at radius 3 is 2.72 bits per heavy atom. The fourth-order valence-corrected chi connectivity index (χ4v) is 4.72. The summed E-state index contributed by atoms with van der Waals surface area (Å²) in [4.78, 5) is 37.3. The van der Waals surface area contributed by atoms with Gasteiger partial charge in [-0.15, -0.1) is 0 Å². The molecule has 0 unspecified atom stereocenters. The van der Waals surface area contributed by atoms with E-state index in [0.29, 0.717) is 33.0 Å². The summed E-state index contributed by atoms with van der Waals surface area (Å²) in [7, 11) is 0. The minimum absolute atomic E-state index is 0.0227. The third-order valence-electron chi connectivity index (χ3n) is 5.71. The molecule has 1 aromatic heterocycles. The molecule has 32 heavy (non-hydrogen) atoms. The summed E-state index contributed by atoms with van der Waals surface area (Å²) in [6.45, 7) is 3.18. The van der Waals surface area contributed by atoms with E-state index in [0.717, 1.165) is 0 Å². The van der Waals surface area contributed by atoms with Crippen molar-refractivity contribution in [1.29, 1.82) is 0 Å². The summed E-state index contributed by atoms with van der Waals surface area (Å²) in [6.07, 6.45) is -0.112. The van der Waals surface area contributed by atoms with Crippen molar-refractivity contribution in [3.63, 3.8) is 0 Å². The first-order valence-corrected chi connectivity index (χ1v) is 10.2. The molecule has 0 fully saturated rings. The molecule has 3 aromatic rings. The van der Waals surface area contributed by atoms with Crippen LogP contribution >= 0.6 is 11.6 Å². The van der Waals surface area contributed by atoms with E-state index in [9.17, 15) is 19.5 Å². The number of ketones is 1. The summed E-state index contributed by atoms with van der Waals surface area (Å²) < 4.78 is 22.0.